The molecule has 0 aromatic heterocycles. The van der Waals surface area contributed by atoms with E-state index in [0.717, 1.165) is 0 Å². The van der Waals surface area contributed by atoms with Crippen LogP contribution in [-0.4, -0.2) is 60.0 Å². The lowest BCUT2D eigenvalue weighted by molar-refractivity contribution is 0.0116. The normalized spacial score (nSPS) is 27.6. The molecule has 1 fully saturated rings. The predicted molar refractivity (Wildman–Crippen MR) is 67.7 cm³/mol. The van der Waals surface area contributed by atoms with Gasteiger partial charge in [-0.15, -0.1) is 0 Å². The number of hydrogen-bond acceptors (Lipinski definition) is 7. The van der Waals surface area contributed by atoms with Crippen LogP contribution in [0.15, 0.2) is 0 Å². The molecule has 0 aliphatic carbocycles. The molecule has 5 atom stereocenters. The van der Waals surface area contributed by atoms with Crippen molar-refractivity contribution in [3.05, 3.63) is 0 Å². The highest BCUT2D eigenvalue weighted by Gasteiger charge is 2.28. The minimum absolute atomic E-state index is 0.202. The van der Waals surface area contributed by atoms with Crippen LogP contribution in [0.5, 0.6) is 0 Å². The second-order valence-corrected chi connectivity index (χ2v) is 4.56. The highest BCUT2D eigenvalue weighted by atomic mass is 16.6. The average molecular weight is 277 g/mol. The topological polar surface area (TPSA) is 141 Å². The standard InChI is InChI=1S/C10H23N5O4/c1-5(6(2)17)13-10(18)12-3-8-14-15-9(19-8)7(11)4-16/h5-9,14-17H,3-4,11H2,1-2H3,(H2,12,13,18). The number of hydrazine groups is 1. The summed E-state index contributed by atoms with van der Waals surface area (Å²) in [5, 5.41) is 23.3. The summed E-state index contributed by atoms with van der Waals surface area (Å²) in [6.45, 7) is 3.32. The molecule has 0 aromatic carbocycles. The molecule has 112 valence electrons. The Morgan fingerprint density at radius 1 is 1.47 bits per heavy atom. The molecule has 0 bridgehead atoms. The van der Waals surface area contributed by atoms with Crippen LogP contribution in [0.1, 0.15) is 13.8 Å². The number of amides is 2. The Kier molecular flexibility index (Phi) is 6.42. The molecule has 1 rings (SSSR count). The lowest BCUT2D eigenvalue weighted by atomic mass is 10.2. The number of nitrogens with one attached hydrogen (secondary N) is 4. The van der Waals surface area contributed by atoms with Crippen molar-refractivity contribution in [2.45, 2.75) is 44.5 Å². The van der Waals surface area contributed by atoms with E-state index in [1.54, 1.807) is 13.8 Å². The molecule has 0 saturated carbocycles. The maximum absolute atomic E-state index is 11.5. The smallest absolute Gasteiger partial charge is 0.315 e. The molecular formula is C10H23N5O4. The van der Waals surface area contributed by atoms with Gasteiger partial charge in [0.1, 0.15) is 12.5 Å². The summed E-state index contributed by atoms with van der Waals surface area (Å²) in [4.78, 5) is 11.5. The predicted octanol–water partition coefficient (Wildman–Crippen LogP) is -2.85. The average Bonchev–Trinajstić information content (AvgIpc) is 2.84. The molecule has 1 aliphatic rings. The third-order valence-corrected chi connectivity index (χ3v) is 2.83. The Balaban J connectivity index is 2.21. The first-order valence-electron chi connectivity index (χ1n) is 6.19. The third kappa shape index (κ3) is 5.27. The van der Waals surface area contributed by atoms with Crippen LogP contribution in [0.3, 0.4) is 0 Å². The molecule has 1 saturated heterocycles. The molecule has 8 N–H and O–H groups in total. The van der Waals surface area contributed by atoms with Crippen LogP contribution in [0.25, 0.3) is 0 Å². The van der Waals surface area contributed by atoms with Crippen molar-refractivity contribution in [3.63, 3.8) is 0 Å². The number of nitrogens with two attached hydrogens (primary N) is 1. The summed E-state index contributed by atoms with van der Waals surface area (Å²) in [7, 11) is 0. The zero-order valence-electron chi connectivity index (χ0n) is 11.1. The van der Waals surface area contributed by atoms with Crippen LogP contribution in [0, 0.1) is 0 Å². The van der Waals surface area contributed by atoms with Gasteiger partial charge in [-0.1, -0.05) is 0 Å². The second-order valence-electron chi connectivity index (χ2n) is 4.56. The van der Waals surface area contributed by atoms with Gasteiger partial charge in [-0.2, -0.15) is 0 Å². The molecule has 1 heterocycles. The van der Waals surface area contributed by atoms with E-state index in [2.05, 4.69) is 21.5 Å². The minimum Gasteiger partial charge on any atom is -0.395 e. The van der Waals surface area contributed by atoms with Crippen LogP contribution in [0.2, 0.25) is 0 Å². The zero-order chi connectivity index (χ0) is 14.4. The summed E-state index contributed by atoms with van der Waals surface area (Å²) < 4.78 is 5.42. The molecule has 5 unspecified atom stereocenters. The van der Waals surface area contributed by atoms with E-state index in [0.29, 0.717) is 0 Å². The Labute approximate surface area is 111 Å². The van der Waals surface area contributed by atoms with Gasteiger partial charge < -0.3 is 31.3 Å². The Morgan fingerprint density at radius 3 is 2.74 bits per heavy atom. The van der Waals surface area contributed by atoms with Crippen LogP contribution in [0.4, 0.5) is 4.79 Å². The maximum Gasteiger partial charge on any atom is 0.315 e. The lowest BCUT2D eigenvalue weighted by Crippen LogP contribution is -2.49. The second kappa shape index (κ2) is 7.58. The Morgan fingerprint density at radius 2 is 2.16 bits per heavy atom. The van der Waals surface area contributed by atoms with E-state index in [4.69, 9.17) is 15.6 Å². The fraction of sp³-hybridized carbons (Fsp3) is 0.900. The summed E-state index contributed by atoms with van der Waals surface area (Å²) in [5.74, 6) is 0. The number of urea groups is 1. The highest BCUT2D eigenvalue weighted by Crippen LogP contribution is 2.02. The van der Waals surface area contributed by atoms with Gasteiger partial charge in [0.15, 0.2) is 0 Å². The van der Waals surface area contributed by atoms with Crippen LogP contribution < -0.4 is 27.2 Å². The SMILES string of the molecule is CC(O)C(C)NC(=O)NCC1NNC(C(N)CO)O1. The maximum atomic E-state index is 11.5. The van der Waals surface area contributed by atoms with Crippen molar-refractivity contribution >= 4 is 6.03 Å². The minimum atomic E-state index is -0.625. The fourth-order valence-corrected chi connectivity index (χ4v) is 1.39. The van der Waals surface area contributed by atoms with E-state index in [1.807, 2.05) is 0 Å². The quantitative estimate of drug-likeness (QED) is 0.277. The first-order chi connectivity index (χ1) is 8.93. The van der Waals surface area contributed by atoms with Crippen LogP contribution >= 0.6 is 0 Å². The number of rotatable bonds is 6. The van der Waals surface area contributed by atoms with E-state index in [9.17, 15) is 9.90 Å². The highest BCUT2D eigenvalue weighted by molar-refractivity contribution is 5.74. The number of carbonyl (C=O) groups excluding carboxylic acids is 1. The fourth-order valence-electron chi connectivity index (χ4n) is 1.39. The molecular weight excluding hydrogens is 254 g/mol. The van der Waals surface area contributed by atoms with E-state index in [1.165, 1.54) is 0 Å². The molecule has 0 radical (unpaired) electrons. The molecule has 0 spiro atoms. The van der Waals surface area contributed by atoms with Crippen molar-refractivity contribution in [1.82, 2.24) is 21.5 Å². The van der Waals surface area contributed by atoms with Crippen molar-refractivity contribution in [3.8, 4) is 0 Å². The van der Waals surface area contributed by atoms with Gasteiger partial charge in [0.25, 0.3) is 0 Å². The summed E-state index contributed by atoms with van der Waals surface area (Å²) >= 11 is 0. The molecule has 2 amide bonds. The zero-order valence-corrected chi connectivity index (χ0v) is 11.1. The number of aliphatic hydroxyl groups excluding tert-OH is 2. The van der Waals surface area contributed by atoms with Gasteiger partial charge in [-0.3, -0.25) is 0 Å². The van der Waals surface area contributed by atoms with Crippen LogP contribution in [-0.2, 0) is 4.74 Å². The van der Waals surface area contributed by atoms with Gasteiger partial charge in [0.2, 0.25) is 0 Å². The summed E-state index contributed by atoms with van der Waals surface area (Å²) in [6.07, 6.45) is -1.56. The Bertz CT molecular complexity index is 291. The number of ether oxygens (including phenoxy) is 1. The third-order valence-electron chi connectivity index (χ3n) is 2.83. The molecule has 1 aliphatic heterocycles. The van der Waals surface area contributed by atoms with Gasteiger partial charge >= 0.3 is 6.03 Å². The van der Waals surface area contributed by atoms with Crippen molar-refractivity contribution in [2.75, 3.05) is 13.2 Å². The molecule has 0 aromatic rings. The Hall–Kier alpha value is -0.970. The largest absolute Gasteiger partial charge is 0.395 e. The van der Waals surface area contributed by atoms with Gasteiger partial charge in [-0.25, -0.2) is 15.6 Å². The van der Waals surface area contributed by atoms with Crippen molar-refractivity contribution < 1.29 is 19.7 Å². The van der Waals surface area contributed by atoms with Crippen molar-refractivity contribution in [1.29, 1.82) is 0 Å². The van der Waals surface area contributed by atoms with Gasteiger partial charge in [0, 0.05) is 0 Å². The van der Waals surface area contributed by atoms with Gasteiger partial charge in [0.05, 0.1) is 31.3 Å². The van der Waals surface area contributed by atoms with Gasteiger partial charge in [-0.05, 0) is 13.8 Å². The lowest BCUT2D eigenvalue weighted by Gasteiger charge is -2.18. The molecule has 9 nitrogen and oxygen atoms in total. The van der Waals surface area contributed by atoms with E-state index >= 15 is 0 Å². The summed E-state index contributed by atoms with van der Waals surface area (Å²) in [5.41, 5.74) is 11.2. The molecule has 9 heteroatoms. The summed E-state index contributed by atoms with van der Waals surface area (Å²) in [6, 6.07) is -1.28. The monoisotopic (exact) mass is 277 g/mol. The van der Waals surface area contributed by atoms with E-state index < -0.39 is 30.6 Å². The first-order valence-corrected chi connectivity index (χ1v) is 6.19. The molecule has 19 heavy (non-hydrogen) atoms. The number of aliphatic hydroxyl groups is 2. The first kappa shape index (κ1) is 16.1. The number of hydrogen-bond donors (Lipinski definition) is 7. The number of carbonyl (C=O) groups is 1. The van der Waals surface area contributed by atoms with E-state index in [-0.39, 0.29) is 19.2 Å². The van der Waals surface area contributed by atoms with Crippen molar-refractivity contribution in [2.24, 2.45) is 5.73 Å².